The van der Waals surface area contributed by atoms with E-state index < -0.39 is 33.8 Å². The van der Waals surface area contributed by atoms with Gasteiger partial charge in [0.2, 0.25) is 0 Å². The van der Waals surface area contributed by atoms with E-state index in [2.05, 4.69) is 18.6 Å². The number of carbonyl (C=O) groups is 1. The van der Waals surface area contributed by atoms with Crippen LogP contribution in [-0.2, 0) is 0 Å². The van der Waals surface area contributed by atoms with Gasteiger partial charge in [0.25, 0.3) is 0 Å². The second-order valence-electron chi connectivity index (χ2n) is 10.9. The van der Waals surface area contributed by atoms with Gasteiger partial charge in [-0.2, -0.15) is 0 Å². The van der Waals surface area contributed by atoms with E-state index in [0.29, 0.717) is 38.9 Å². The van der Waals surface area contributed by atoms with E-state index in [0.717, 1.165) is 43.4 Å². The van der Waals surface area contributed by atoms with Crippen molar-refractivity contribution in [1.29, 1.82) is 0 Å². The third-order valence-corrected chi connectivity index (χ3v) is 10.1. The quantitative estimate of drug-likeness (QED) is 0.225. The number of hydrogen-bond acceptors (Lipinski definition) is 6. The number of halogens is 2. The minimum absolute atomic E-state index is 0.176. The fourth-order valence-corrected chi connectivity index (χ4v) is 7.68. The Morgan fingerprint density at radius 3 is 2.46 bits per heavy atom. The lowest BCUT2D eigenvalue weighted by molar-refractivity contribution is 0.0691. The Morgan fingerprint density at radius 2 is 1.88 bits per heavy atom. The van der Waals surface area contributed by atoms with E-state index in [1.807, 2.05) is 37.6 Å². The first-order valence-electron chi connectivity index (χ1n) is 13.9. The van der Waals surface area contributed by atoms with Gasteiger partial charge >= 0.3 is 5.97 Å². The standard InChI is InChI=1S/C31H38F2N2O4S2/c1-7-41(35-25-15-24(32)23(31(36)37)14-26(25)38-6)27-16-40-30(34-27)22-13-12-21(29(28(22)33)39-18(4)5)20-10-8-19(9-11-20)17(2)3/h7,12-20,35H,8-11H2,1-6H3,(H,36,37). The number of nitrogens with one attached hydrogen (secondary N) is 1. The molecule has 1 heterocycles. The molecule has 6 nitrogen and oxygen atoms in total. The summed E-state index contributed by atoms with van der Waals surface area (Å²) in [5.74, 6) is -0.511. The summed E-state index contributed by atoms with van der Waals surface area (Å²) in [4.78, 5) is 16.1. The summed E-state index contributed by atoms with van der Waals surface area (Å²) in [6.45, 7) is 10.2. The van der Waals surface area contributed by atoms with Gasteiger partial charge in [0.1, 0.15) is 21.6 Å². The molecule has 222 valence electrons. The highest BCUT2D eigenvalue weighted by atomic mass is 32.2. The molecule has 4 rings (SSSR count). The number of hydrogen-bond donors (Lipinski definition) is 2. The molecular formula is C31H38F2N2O4S2. The van der Waals surface area contributed by atoms with Crippen LogP contribution in [0.3, 0.4) is 0 Å². The highest BCUT2D eigenvalue weighted by Gasteiger charge is 2.29. The lowest BCUT2D eigenvalue weighted by atomic mass is 9.74. The topological polar surface area (TPSA) is 80.7 Å². The summed E-state index contributed by atoms with van der Waals surface area (Å²) in [7, 11) is 0.590. The number of nitrogens with zero attached hydrogens (tertiary/aromatic N) is 1. The van der Waals surface area contributed by atoms with Crippen LogP contribution in [0.1, 0.15) is 82.1 Å². The molecule has 2 aromatic carbocycles. The number of benzene rings is 2. The average Bonchev–Trinajstić information content (AvgIpc) is 3.42. The maximum atomic E-state index is 16.1. The van der Waals surface area contributed by atoms with Gasteiger partial charge < -0.3 is 19.3 Å². The Morgan fingerprint density at radius 1 is 1.17 bits per heavy atom. The number of methoxy groups -OCH3 is 1. The molecule has 1 aromatic heterocycles. The van der Waals surface area contributed by atoms with Gasteiger partial charge in [0, 0.05) is 17.0 Å². The molecule has 0 radical (unpaired) electrons. The Balaban J connectivity index is 1.63. The number of ether oxygens (including phenoxy) is 2. The van der Waals surface area contributed by atoms with Gasteiger partial charge in [0.05, 0.1) is 30.0 Å². The SMILES string of the molecule is CC=S(Nc1cc(F)c(C(=O)O)cc1OC)c1csc(-c2ccc(C3CCC(C(C)C)CC3)c(OC(C)C)c2F)n1. The number of carboxylic acid groups (broad SMARTS) is 1. The Labute approximate surface area is 247 Å². The van der Waals surface area contributed by atoms with Gasteiger partial charge in [-0.05, 0) is 92.4 Å². The van der Waals surface area contributed by atoms with Crippen molar-refractivity contribution in [3.8, 4) is 22.1 Å². The maximum Gasteiger partial charge on any atom is 0.338 e. The predicted molar refractivity (Wildman–Crippen MR) is 164 cm³/mol. The second kappa shape index (κ2) is 13.3. The highest BCUT2D eigenvalue weighted by Crippen LogP contribution is 2.45. The second-order valence-corrected chi connectivity index (χ2v) is 13.5. The van der Waals surface area contributed by atoms with E-state index in [1.165, 1.54) is 18.4 Å². The number of rotatable bonds is 10. The van der Waals surface area contributed by atoms with Gasteiger partial charge in [-0.1, -0.05) is 19.9 Å². The molecule has 0 saturated heterocycles. The number of aromatic carboxylic acids is 1. The summed E-state index contributed by atoms with van der Waals surface area (Å²) in [5.41, 5.74) is 1.13. The maximum absolute atomic E-state index is 16.1. The zero-order valence-corrected chi connectivity index (χ0v) is 25.9. The summed E-state index contributed by atoms with van der Waals surface area (Å²) in [6.07, 6.45) is 4.15. The lowest BCUT2D eigenvalue weighted by Crippen LogP contribution is -2.19. The molecule has 0 spiro atoms. The smallest absolute Gasteiger partial charge is 0.338 e. The first-order valence-corrected chi connectivity index (χ1v) is 16.1. The van der Waals surface area contributed by atoms with Crippen LogP contribution in [-0.4, -0.2) is 34.6 Å². The predicted octanol–water partition coefficient (Wildman–Crippen LogP) is 8.99. The molecular weight excluding hydrogens is 566 g/mol. The van der Waals surface area contributed by atoms with Crippen molar-refractivity contribution in [2.24, 2.45) is 11.8 Å². The normalized spacial score (nSPS) is 18.1. The molecule has 1 aliphatic carbocycles. The molecule has 0 bridgehead atoms. The first kappa shape index (κ1) is 31.0. The van der Waals surface area contributed by atoms with E-state index >= 15 is 4.39 Å². The van der Waals surface area contributed by atoms with Gasteiger partial charge in [-0.3, -0.25) is 0 Å². The Hall–Kier alpha value is -2.98. The third kappa shape index (κ3) is 6.92. The van der Waals surface area contributed by atoms with Crippen molar-refractivity contribution in [3.05, 3.63) is 52.4 Å². The summed E-state index contributed by atoms with van der Waals surface area (Å²) < 4.78 is 45.2. The van der Waals surface area contributed by atoms with Crippen LogP contribution in [0, 0.1) is 23.5 Å². The molecule has 2 N–H and O–H groups in total. The Kier molecular flexibility index (Phi) is 10.1. The zero-order chi connectivity index (χ0) is 29.8. The van der Waals surface area contributed by atoms with Crippen LogP contribution in [0.5, 0.6) is 11.5 Å². The minimum Gasteiger partial charge on any atom is -0.495 e. The van der Waals surface area contributed by atoms with Crippen molar-refractivity contribution < 1.29 is 28.2 Å². The molecule has 0 amide bonds. The average molecular weight is 605 g/mol. The molecule has 1 fully saturated rings. The third-order valence-electron chi connectivity index (χ3n) is 7.55. The number of thiazole rings is 1. The molecule has 1 saturated carbocycles. The summed E-state index contributed by atoms with van der Waals surface area (Å²) in [5, 5.41) is 14.1. The zero-order valence-electron chi connectivity index (χ0n) is 24.3. The summed E-state index contributed by atoms with van der Waals surface area (Å²) in [6, 6.07) is 6.05. The lowest BCUT2D eigenvalue weighted by Gasteiger charge is -2.32. The largest absolute Gasteiger partial charge is 0.495 e. The van der Waals surface area contributed by atoms with Gasteiger partial charge in [-0.15, -0.1) is 11.3 Å². The van der Waals surface area contributed by atoms with Crippen LogP contribution < -0.4 is 14.2 Å². The van der Waals surface area contributed by atoms with Crippen molar-refractivity contribution in [1.82, 2.24) is 4.98 Å². The van der Waals surface area contributed by atoms with Gasteiger partial charge in [-0.25, -0.2) is 18.6 Å². The fourth-order valence-electron chi connectivity index (χ4n) is 5.31. The highest BCUT2D eigenvalue weighted by molar-refractivity contribution is 8.16. The van der Waals surface area contributed by atoms with Crippen molar-refractivity contribution in [2.75, 3.05) is 11.8 Å². The van der Waals surface area contributed by atoms with E-state index in [9.17, 15) is 14.3 Å². The van der Waals surface area contributed by atoms with E-state index in [4.69, 9.17) is 14.5 Å². The molecule has 1 unspecified atom stereocenters. The number of anilines is 1. The Bertz CT molecular complexity index is 1430. The van der Waals surface area contributed by atoms with Gasteiger partial charge in [0.15, 0.2) is 11.6 Å². The monoisotopic (exact) mass is 604 g/mol. The molecule has 3 aromatic rings. The number of aromatic nitrogens is 1. The molecule has 10 heteroatoms. The summed E-state index contributed by atoms with van der Waals surface area (Å²) >= 11 is 1.32. The first-order chi connectivity index (χ1) is 19.5. The van der Waals surface area contributed by atoms with Crippen LogP contribution in [0.25, 0.3) is 10.6 Å². The van der Waals surface area contributed by atoms with Crippen molar-refractivity contribution in [2.45, 2.75) is 77.3 Å². The number of carboxylic acids is 1. The van der Waals surface area contributed by atoms with Crippen LogP contribution >= 0.6 is 22.0 Å². The molecule has 0 aliphatic heterocycles. The van der Waals surface area contributed by atoms with Crippen LogP contribution in [0.2, 0.25) is 0 Å². The molecule has 1 aliphatic rings. The molecule has 41 heavy (non-hydrogen) atoms. The minimum atomic E-state index is -1.38. The fraction of sp³-hybridized carbons (Fsp3) is 0.452. The molecule has 1 atom stereocenters. The van der Waals surface area contributed by atoms with Crippen LogP contribution in [0.15, 0.2) is 34.7 Å². The van der Waals surface area contributed by atoms with Crippen LogP contribution in [0.4, 0.5) is 14.5 Å². The van der Waals surface area contributed by atoms with Crippen molar-refractivity contribution >= 4 is 39.0 Å². The van der Waals surface area contributed by atoms with Crippen molar-refractivity contribution in [3.63, 3.8) is 0 Å². The van der Waals surface area contributed by atoms with E-state index in [1.54, 1.807) is 6.07 Å². The van der Waals surface area contributed by atoms with E-state index in [-0.39, 0.29) is 17.8 Å².